The summed E-state index contributed by atoms with van der Waals surface area (Å²) in [6, 6.07) is 0.809. The van der Waals surface area contributed by atoms with Crippen LogP contribution in [0, 0.1) is 5.92 Å². The second kappa shape index (κ2) is 5.69. The smallest absolute Gasteiger partial charge is 0.171 e. The van der Waals surface area contributed by atoms with E-state index in [-0.39, 0.29) is 12.3 Å². The number of ether oxygens (including phenoxy) is 2. The fraction of sp³-hybridized carbons (Fsp3) is 1.00. The minimum atomic E-state index is -0.142. The predicted octanol–water partition coefficient (Wildman–Crippen LogP) is 1.77. The first kappa shape index (κ1) is 12.0. The molecular weight excluding hydrogens is 178 g/mol. The zero-order valence-corrected chi connectivity index (χ0v) is 9.75. The summed E-state index contributed by atoms with van der Waals surface area (Å²) >= 11 is 0. The number of hydrogen-bond acceptors (Lipinski definition) is 3. The number of nitrogens with one attached hydrogen (secondary N) is 1. The highest BCUT2D eigenvalue weighted by atomic mass is 16.7. The minimum Gasteiger partial charge on any atom is -0.354 e. The third-order valence-electron chi connectivity index (χ3n) is 2.80. The third-order valence-corrected chi connectivity index (χ3v) is 2.80. The first-order chi connectivity index (χ1) is 6.67. The van der Waals surface area contributed by atoms with Gasteiger partial charge in [-0.1, -0.05) is 12.8 Å². The van der Waals surface area contributed by atoms with Crippen LogP contribution in [0.1, 0.15) is 33.1 Å². The molecule has 1 aliphatic carbocycles. The summed E-state index contributed by atoms with van der Waals surface area (Å²) in [5, 5.41) is 3.50. The number of hydrogen-bond donors (Lipinski definition) is 1. The summed E-state index contributed by atoms with van der Waals surface area (Å²) in [5.74, 6) is 0.966. The maximum atomic E-state index is 5.20. The van der Waals surface area contributed by atoms with Gasteiger partial charge in [-0.2, -0.15) is 0 Å². The van der Waals surface area contributed by atoms with Crippen LogP contribution < -0.4 is 5.32 Å². The lowest BCUT2D eigenvalue weighted by Gasteiger charge is -2.25. The molecule has 0 amide bonds. The molecule has 3 heteroatoms. The summed E-state index contributed by atoms with van der Waals surface area (Å²) in [6.07, 6.45) is 3.97. The fourth-order valence-electron chi connectivity index (χ4n) is 1.95. The topological polar surface area (TPSA) is 30.5 Å². The Labute approximate surface area is 87.2 Å². The molecule has 0 saturated heterocycles. The van der Waals surface area contributed by atoms with Crippen molar-refractivity contribution in [2.24, 2.45) is 5.92 Å². The van der Waals surface area contributed by atoms with E-state index < -0.39 is 0 Å². The normalized spacial score (nSPS) is 21.2. The van der Waals surface area contributed by atoms with Gasteiger partial charge in [-0.25, -0.2) is 0 Å². The van der Waals surface area contributed by atoms with Crippen molar-refractivity contribution in [2.75, 3.05) is 14.2 Å². The van der Waals surface area contributed by atoms with Crippen LogP contribution in [0.3, 0.4) is 0 Å². The Balaban J connectivity index is 2.18. The quantitative estimate of drug-likeness (QED) is 0.637. The maximum Gasteiger partial charge on any atom is 0.171 e. The lowest BCUT2D eigenvalue weighted by molar-refractivity contribution is -0.120. The van der Waals surface area contributed by atoms with E-state index in [0.717, 1.165) is 5.92 Å². The lowest BCUT2D eigenvalue weighted by Crippen LogP contribution is -2.44. The van der Waals surface area contributed by atoms with E-state index in [9.17, 15) is 0 Å². The SMILES string of the molecule is COC(OC)C(C)NC(C)CC1CC1. The van der Waals surface area contributed by atoms with Gasteiger partial charge in [0.2, 0.25) is 0 Å². The third kappa shape index (κ3) is 3.95. The van der Waals surface area contributed by atoms with Crippen LogP contribution in [0.15, 0.2) is 0 Å². The summed E-state index contributed by atoms with van der Waals surface area (Å²) in [5.41, 5.74) is 0. The largest absolute Gasteiger partial charge is 0.354 e. The standard InChI is InChI=1S/C11H23NO2/c1-8(7-10-5-6-10)12-9(2)11(13-3)14-4/h8-12H,5-7H2,1-4H3. The number of rotatable bonds is 7. The Morgan fingerprint density at radius 1 is 1.21 bits per heavy atom. The van der Waals surface area contributed by atoms with Gasteiger partial charge >= 0.3 is 0 Å². The van der Waals surface area contributed by atoms with E-state index in [4.69, 9.17) is 9.47 Å². The van der Waals surface area contributed by atoms with Crippen LogP contribution in [-0.2, 0) is 9.47 Å². The molecular formula is C11H23NO2. The van der Waals surface area contributed by atoms with E-state index in [1.807, 2.05) is 0 Å². The zero-order chi connectivity index (χ0) is 10.6. The molecule has 3 nitrogen and oxygen atoms in total. The van der Waals surface area contributed by atoms with Crippen molar-refractivity contribution in [2.45, 2.75) is 51.5 Å². The van der Waals surface area contributed by atoms with Crippen LogP contribution in [0.2, 0.25) is 0 Å². The Morgan fingerprint density at radius 3 is 2.21 bits per heavy atom. The monoisotopic (exact) mass is 201 g/mol. The van der Waals surface area contributed by atoms with Crippen molar-refractivity contribution in [1.82, 2.24) is 5.32 Å². The van der Waals surface area contributed by atoms with Crippen molar-refractivity contribution >= 4 is 0 Å². The van der Waals surface area contributed by atoms with Gasteiger partial charge in [-0.15, -0.1) is 0 Å². The second-order valence-electron chi connectivity index (χ2n) is 4.38. The van der Waals surface area contributed by atoms with E-state index in [0.29, 0.717) is 6.04 Å². The van der Waals surface area contributed by atoms with Gasteiger partial charge in [0.05, 0.1) is 6.04 Å². The first-order valence-corrected chi connectivity index (χ1v) is 5.49. The van der Waals surface area contributed by atoms with Crippen LogP contribution in [0.5, 0.6) is 0 Å². The Kier molecular flexibility index (Phi) is 4.85. The van der Waals surface area contributed by atoms with E-state index in [1.165, 1.54) is 19.3 Å². The van der Waals surface area contributed by atoms with Crippen LogP contribution >= 0.6 is 0 Å². The van der Waals surface area contributed by atoms with Crippen molar-refractivity contribution in [1.29, 1.82) is 0 Å². The molecule has 1 N–H and O–H groups in total. The van der Waals surface area contributed by atoms with Crippen LogP contribution in [0.25, 0.3) is 0 Å². The van der Waals surface area contributed by atoms with Crippen molar-refractivity contribution in [3.63, 3.8) is 0 Å². The lowest BCUT2D eigenvalue weighted by atomic mass is 10.1. The van der Waals surface area contributed by atoms with Gasteiger partial charge in [0.25, 0.3) is 0 Å². The van der Waals surface area contributed by atoms with Crippen LogP contribution in [0.4, 0.5) is 0 Å². The van der Waals surface area contributed by atoms with Crippen molar-refractivity contribution in [3.8, 4) is 0 Å². The molecule has 0 spiro atoms. The highest BCUT2D eigenvalue weighted by Gasteiger charge is 2.25. The molecule has 0 aromatic heterocycles. The molecule has 1 fully saturated rings. The number of methoxy groups -OCH3 is 2. The Bertz CT molecular complexity index is 155. The van der Waals surface area contributed by atoms with Gasteiger partial charge in [0.1, 0.15) is 0 Å². The molecule has 2 atom stereocenters. The highest BCUT2D eigenvalue weighted by molar-refractivity contribution is 4.79. The molecule has 0 heterocycles. The summed E-state index contributed by atoms with van der Waals surface area (Å²) < 4.78 is 10.4. The predicted molar refractivity (Wildman–Crippen MR) is 57.2 cm³/mol. The molecule has 0 bridgehead atoms. The minimum absolute atomic E-state index is 0.142. The average Bonchev–Trinajstić information content (AvgIpc) is 2.90. The molecule has 84 valence electrons. The molecule has 1 rings (SSSR count). The van der Waals surface area contributed by atoms with E-state index >= 15 is 0 Å². The maximum absolute atomic E-state index is 5.20. The van der Waals surface area contributed by atoms with E-state index in [1.54, 1.807) is 14.2 Å². The fourth-order valence-corrected chi connectivity index (χ4v) is 1.95. The van der Waals surface area contributed by atoms with Crippen molar-refractivity contribution in [3.05, 3.63) is 0 Å². The second-order valence-corrected chi connectivity index (χ2v) is 4.38. The molecule has 14 heavy (non-hydrogen) atoms. The Morgan fingerprint density at radius 2 is 1.79 bits per heavy atom. The van der Waals surface area contributed by atoms with Gasteiger partial charge in [0, 0.05) is 20.3 Å². The molecule has 1 aliphatic rings. The van der Waals surface area contributed by atoms with Gasteiger partial charge < -0.3 is 14.8 Å². The van der Waals surface area contributed by atoms with E-state index in [2.05, 4.69) is 19.2 Å². The summed E-state index contributed by atoms with van der Waals surface area (Å²) in [4.78, 5) is 0. The first-order valence-electron chi connectivity index (χ1n) is 5.49. The van der Waals surface area contributed by atoms with Crippen molar-refractivity contribution < 1.29 is 9.47 Å². The Hall–Kier alpha value is -0.120. The van der Waals surface area contributed by atoms with Gasteiger partial charge in [-0.3, -0.25) is 0 Å². The summed E-state index contributed by atoms with van der Waals surface area (Å²) in [6.45, 7) is 4.33. The molecule has 1 saturated carbocycles. The molecule has 0 aromatic carbocycles. The molecule has 0 aliphatic heterocycles. The van der Waals surface area contributed by atoms with Crippen LogP contribution in [-0.4, -0.2) is 32.6 Å². The van der Waals surface area contributed by atoms with Gasteiger partial charge in [-0.05, 0) is 26.2 Å². The zero-order valence-electron chi connectivity index (χ0n) is 9.75. The summed E-state index contributed by atoms with van der Waals surface area (Å²) in [7, 11) is 3.36. The molecule has 2 unspecified atom stereocenters. The van der Waals surface area contributed by atoms with Gasteiger partial charge in [0.15, 0.2) is 6.29 Å². The average molecular weight is 201 g/mol. The highest BCUT2D eigenvalue weighted by Crippen LogP contribution is 2.33. The molecule has 0 aromatic rings. The molecule has 0 radical (unpaired) electrons.